The molecule has 0 aromatic carbocycles. The van der Waals surface area contributed by atoms with Gasteiger partial charge in [0.2, 0.25) is 0 Å². The number of nitrogens with two attached hydrogens (primary N) is 1. The summed E-state index contributed by atoms with van der Waals surface area (Å²) in [6, 6.07) is 5.31. The fourth-order valence-corrected chi connectivity index (χ4v) is 2.25. The van der Waals surface area contributed by atoms with Gasteiger partial charge in [0, 0.05) is 24.1 Å². The van der Waals surface area contributed by atoms with Crippen LogP contribution in [0.5, 0.6) is 0 Å². The zero-order chi connectivity index (χ0) is 14.0. The molecule has 0 aliphatic heterocycles. The molecule has 0 bridgehead atoms. The topological polar surface area (TPSA) is 132 Å². The van der Waals surface area contributed by atoms with Crippen molar-refractivity contribution in [1.29, 1.82) is 15.8 Å². The molecule has 0 saturated carbocycles. The molecule has 6 heteroatoms. The van der Waals surface area contributed by atoms with Gasteiger partial charge in [-0.2, -0.15) is 15.8 Å². The molecule has 2 N–H and O–H groups in total. The molecule has 18 heavy (non-hydrogen) atoms. The van der Waals surface area contributed by atoms with Gasteiger partial charge in [-0.3, -0.25) is 9.59 Å². The summed E-state index contributed by atoms with van der Waals surface area (Å²) in [7, 11) is 0. The fraction of sp³-hybridized carbons (Fsp3) is 0.417. The molecule has 0 saturated heterocycles. The number of rotatable bonds is 3. The predicted octanol–water partition coefficient (Wildman–Crippen LogP) is 0.324. The summed E-state index contributed by atoms with van der Waals surface area (Å²) in [6.45, 7) is 1.24. The molecule has 0 amide bonds. The lowest BCUT2D eigenvalue weighted by molar-refractivity contribution is -0.118. The minimum Gasteiger partial charge on any atom is -0.400 e. The Balaban J connectivity index is 3.60. The third kappa shape index (κ3) is 1.46. The Morgan fingerprint density at radius 3 is 2.28 bits per heavy atom. The van der Waals surface area contributed by atoms with E-state index in [1.165, 1.54) is 6.92 Å². The molecule has 0 heterocycles. The van der Waals surface area contributed by atoms with E-state index < -0.39 is 10.8 Å². The highest BCUT2D eigenvalue weighted by Crippen LogP contribution is 2.55. The van der Waals surface area contributed by atoms with E-state index >= 15 is 0 Å². The number of carbonyl (C=O) groups is 2. The summed E-state index contributed by atoms with van der Waals surface area (Å²) in [5, 5.41) is 27.7. The number of aldehydes is 1. The zero-order valence-electron chi connectivity index (χ0n) is 9.73. The molecule has 1 aliphatic carbocycles. The predicted molar refractivity (Wildman–Crippen MR) is 58.9 cm³/mol. The maximum absolute atomic E-state index is 11.3. The molecule has 1 aliphatic rings. The first-order valence-corrected chi connectivity index (χ1v) is 5.10. The number of allylic oxidation sites excluding steroid dienone is 2. The van der Waals surface area contributed by atoms with Gasteiger partial charge in [0.05, 0.1) is 18.2 Å². The Morgan fingerprint density at radius 2 is 1.94 bits per heavy atom. The largest absolute Gasteiger partial charge is 0.400 e. The van der Waals surface area contributed by atoms with Gasteiger partial charge in [0.25, 0.3) is 0 Å². The highest BCUT2D eigenvalue weighted by Gasteiger charge is 2.61. The minimum absolute atomic E-state index is 0.0425. The van der Waals surface area contributed by atoms with E-state index in [1.807, 2.05) is 6.07 Å². The Kier molecular flexibility index (Phi) is 3.21. The number of ketones is 1. The first kappa shape index (κ1) is 13.4. The second-order valence-electron chi connectivity index (χ2n) is 4.26. The molecule has 1 atom stereocenters. The molecule has 0 aromatic heterocycles. The van der Waals surface area contributed by atoms with E-state index in [1.54, 1.807) is 12.1 Å². The summed E-state index contributed by atoms with van der Waals surface area (Å²) < 4.78 is 0. The van der Waals surface area contributed by atoms with Gasteiger partial charge in [-0.05, 0) is 6.92 Å². The summed E-state index contributed by atoms with van der Waals surface area (Å²) in [6.07, 6.45) is -0.151. The average Bonchev–Trinajstić information content (AvgIpc) is 2.60. The van der Waals surface area contributed by atoms with Crippen LogP contribution in [-0.2, 0) is 9.59 Å². The van der Waals surface area contributed by atoms with Crippen LogP contribution in [0, 0.1) is 44.8 Å². The minimum atomic E-state index is -1.78. The van der Waals surface area contributed by atoms with Crippen LogP contribution in [0.15, 0.2) is 11.3 Å². The summed E-state index contributed by atoms with van der Waals surface area (Å²) in [5.41, 5.74) is 2.11. The van der Waals surface area contributed by atoms with Crippen LogP contribution < -0.4 is 5.73 Å². The lowest BCUT2D eigenvalue weighted by Crippen LogP contribution is -2.40. The molecule has 0 aromatic rings. The number of nitriles is 3. The standard InChI is InChI=1S/C12H10N4O2/c1-8(18)2-12(7-15)10(16)9(4-17)3-11(12,5-13)6-14/h4H,2-3,16H2,1H3. The van der Waals surface area contributed by atoms with Crippen LogP contribution >= 0.6 is 0 Å². The van der Waals surface area contributed by atoms with E-state index in [2.05, 4.69) is 0 Å². The smallest absolute Gasteiger partial charge is 0.172 e. The molecule has 90 valence electrons. The van der Waals surface area contributed by atoms with Crippen LogP contribution in [0.3, 0.4) is 0 Å². The van der Waals surface area contributed by atoms with E-state index in [4.69, 9.17) is 5.73 Å². The zero-order valence-corrected chi connectivity index (χ0v) is 9.73. The normalized spacial score (nSPS) is 24.8. The van der Waals surface area contributed by atoms with Crippen LogP contribution in [0.4, 0.5) is 0 Å². The molecule has 0 fully saturated rings. The first-order valence-electron chi connectivity index (χ1n) is 5.10. The number of nitrogens with zero attached hydrogens (tertiary/aromatic N) is 3. The van der Waals surface area contributed by atoms with Gasteiger partial charge >= 0.3 is 0 Å². The Morgan fingerprint density at radius 1 is 1.39 bits per heavy atom. The monoisotopic (exact) mass is 242 g/mol. The molecule has 1 rings (SSSR count). The van der Waals surface area contributed by atoms with Crippen molar-refractivity contribution in [1.82, 2.24) is 0 Å². The quantitative estimate of drug-likeness (QED) is 0.709. The van der Waals surface area contributed by atoms with E-state index in [-0.39, 0.29) is 29.9 Å². The van der Waals surface area contributed by atoms with Crippen molar-refractivity contribution < 1.29 is 9.59 Å². The Bertz CT molecular complexity index is 556. The van der Waals surface area contributed by atoms with Crippen molar-refractivity contribution in [3.8, 4) is 18.2 Å². The maximum Gasteiger partial charge on any atom is 0.172 e. The van der Waals surface area contributed by atoms with Gasteiger partial charge in [-0.15, -0.1) is 0 Å². The van der Waals surface area contributed by atoms with Crippen molar-refractivity contribution in [3.63, 3.8) is 0 Å². The molecular weight excluding hydrogens is 232 g/mol. The second kappa shape index (κ2) is 4.31. The van der Waals surface area contributed by atoms with Crippen molar-refractivity contribution in [2.24, 2.45) is 16.6 Å². The molecule has 0 radical (unpaired) electrons. The Labute approximate surface area is 104 Å². The first-order chi connectivity index (χ1) is 8.42. The van der Waals surface area contributed by atoms with E-state index in [9.17, 15) is 25.4 Å². The lowest BCUT2D eigenvalue weighted by atomic mass is 9.64. The highest BCUT2D eigenvalue weighted by molar-refractivity contribution is 5.82. The molecule has 6 nitrogen and oxygen atoms in total. The van der Waals surface area contributed by atoms with Crippen molar-refractivity contribution in [2.75, 3.05) is 0 Å². The van der Waals surface area contributed by atoms with Gasteiger partial charge in [0.15, 0.2) is 5.41 Å². The Hall–Kier alpha value is -2.65. The fourth-order valence-electron chi connectivity index (χ4n) is 2.25. The average molecular weight is 242 g/mol. The number of hydrogen-bond acceptors (Lipinski definition) is 6. The summed E-state index contributed by atoms with van der Waals surface area (Å²) in [4.78, 5) is 22.2. The second-order valence-corrected chi connectivity index (χ2v) is 4.26. The van der Waals surface area contributed by atoms with Gasteiger partial charge in [-0.1, -0.05) is 0 Å². The van der Waals surface area contributed by atoms with Gasteiger partial charge in [-0.25, -0.2) is 0 Å². The molecule has 1 unspecified atom stereocenters. The van der Waals surface area contributed by atoms with Gasteiger partial charge < -0.3 is 5.73 Å². The van der Waals surface area contributed by atoms with E-state index in [0.29, 0.717) is 6.29 Å². The lowest BCUT2D eigenvalue weighted by Gasteiger charge is -2.30. The SMILES string of the molecule is CC(=O)CC1(C#N)C(N)=C(C=O)CC1(C#N)C#N. The van der Waals surface area contributed by atoms with Crippen LogP contribution in [-0.4, -0.2) is 12.1 Å². The van der Waals surface area contributed by atoms with Crippen LogP contribution in [0.25, 0.3) is 0 Å². The third-order valence-corrected chi connectivity index (χ3v) is 3.22. The number of carbonyl (C=O) groups excluding carboxylic acids is 2. The maximum atomic E-state index is 11.3. The molecule has 0 spiro atoms. The van der Waals surface area contributed by atoms with E-state index in [0.717, 1.165) is 0 Å². The van der Waals surface area contributed by atoms with Crippen molar-refractivity contribution in [2.45, 2.75) is 19.8 Å². The molecular formula is C12H10N4O2. The highest BCUT2D eigenvalue weighted by atomic mass is 16.1. The van der Waals surface area contributed by atoms with Crippen molar-refractivity contribution in [3.05, 3.63) is 11.3 Å². The summed E-state index contributed by atoms with van der Waals surface area (Å²) >= 11 is 0. The van der Waals surface area contributed by atoms with Crippen LogP contribution in [0.2, 0.25) is 0 Å². The summed E-state index contributed by atoms with van der Waals surface area (Å²) in [5.74, 6) is -0.374. The number of Topliss-reactive ketones (excluding diaryl/α,β-unsaturated/α-hetero) is 1. The van der Waals surface area contributed by atoms with Gasteiger partial charge in [0.1, 0.15) is 17.5 Å². The van der Waals surface area contributed by atoms with Crippen LogP contribution in [0.1, 0.15) is 19.8 Å². The van der Waals surface area contributed by atoms with Crippen molar-refractivity contribution >= 4 is 12.1 Å². The third-order valence-electron chi connectivity index (χ3n) is 3.22. The number of hydrogen-bond donors (Lipinski definition) is 1.